The first-order valence-corrected chi connectivity index (χ1v) is 18.1. The smallest absolute Gasteiger partial charge is 0.311 e. The summed E-state index contributed by atoms with van der Waals surface area (Å²) >= 11 is 0. The predicted molar refractivity (Wildman–Crippen MR) is 182 cm³/mol. The summed E-state index contributed by atoms with van der Waals surface area (Å²) in [6, 6.07) is -0.239. The van der Waals surface area contributed by atoms with Crippen molar-refractivity contribution in [3.8, 4) is 0 Å². The third-order valence-corrected chi connectivity index (χ3v) is 11.5. The minimum atomic E-state index is -1.52. The molecule has 4 aliphatic heterocycles. The van der Waals surface area contributed by atoms with Crippen LogP contribution in [0.4, 0.5) is 0 Å². The number of carbonyl (C=O) groups is 1. The van der Waals surface area contributed by atoms with Crippen molar-refractivity contribution < 1.29 is 53.3 Å². The van der Waals surface area contributed by atoms with E-state index in [0.29, 0.717) is 25.2 Å². The standard InChI is InChI=1S/C36H64N2O11/c1-13-25-35(8)17-19(2)31(49-35)37-15-14-34(7,42)30(48-33-27(39)24(38(10)11)16-20(3)44-33)21(4)28(22(5)32(41)46-25)47-26-18-36(9,43-12)29(40)23(6)45-26/h19-30,33,39-40,42H,13-18H2,1-12H3/t19?,20-,21+,22-,23+,24+,25-,26+,27-,28+,29+,30-,33+,34+,35-,36-/m1/s1. The van der Waals surface area contributed by atoms with E-state index in [1.54, 1.807) is 27.7 Å². The van der Waals surface area contributed by atoms with Crippen molar-refractivity contribution in [1.29, 1.82) is 0 Å². The Bertz CT molecular complexity index is 1150. The summed E-state index contributed by atoms with van der Waals surface area (Å²) in [6.07, 6.45) is -4.99. The first-order chi connectivity index (χ1) is 22.8. The average Bonchev–Trinajstić information content (AvgIpc) is 3.32. The van der Waals surface area contributed by atoms with E-state index in [1.807, 2.05) is 53.6 Å². The molecule has 3 fully saturated rings. The second-order valence-corrected chi connectivity index (χ2v) is 16.0. The number of ether oxygens (including phenoxy) is 7. The number of likely N-dealkylation sites (N-methyl/N-ethyl adjacent to an activating group) is 1. The summed E-state index contributed by atoms with van der Waals surface area (Å²) in [4.78, 5) is 20.9. The van der Waals surface area contributed by atoms with E-state index in [2.05, 4.69) is 0 Å². The van der Waals surface area contributed by atoms with E-state index in [1.165, 1.54) is 7.11 Å². The fourth-order valence-electron chi connectivity index (χ4n) is 8.29. The van der Waals surface area contributed by atoms with Crippen LogP contribution in [-0.2, 0) is 38.0 Å². The molecule has 4 aliphatic rings. The highest BCUT2D eigenvalue weighted by Gasteiger charge is 2.53. The largest absolute Gasteiger partial charge is 0.471 e. The van der Waals surface area contributed by atoms with Crippen LogP contribution in [-0.4, -0.2) is 138 Å². The molecule has 0 spiro atoms. The van der Waals surface area contributed by atoms with Gasteiger partial charge in [0.1, 0.15) is 23.9 Å². The third kappa shape index (κ3) is 8.63. The molecule has 13 heteroatoms. The molecule has 49 heavy (non-hydrogen) atoms. The number of rotatable bonds is 7. The summed E-state index contributed by atoms with van der Waals surface area (Å²) < 4.78 is 44.1. The van der Waals surface area contributed by atoms with Gasteiger partial charge in [-0.3, -0.25) is 9.79 Å². The number of hydrogen-bond acceptors (Lipinski definition) is 13. The van der Waals surface area contributed by atoms with E-state index in [4.69, 9.17) is 38.2 Å². The Kier molecular flexibility index (Phi) is 12.9. The summed E-state index contributed by atoms with van der Waals surface area (Å²) in [7, 11) is 5.33. The Balaban J connectivity index is 1.77. The van der Waals surface area contributed by atoms with Gasteiger partial charge in [-0.15, -0.1) is 0 Å². The van der Waals surface area contributed by atoms with E-state index in [-0.39, 0.29) is 37.5 Å². The maximum absolute atomic E-state index is 14.2. The molecule has 13 nitrogen and oxygen atoms in total. The van der Waals surface area contributed by atoms with Crippen LogP contribution < -0.4 is 0 Å². The van der Waals surface area contributed by atoms with Crippen LogP contribution in [0, 0.1) is 17.8 Å². The molecule has 4 heterocycles. The minimum absolute atomic E-state index is 0.00145. The van der Waals surface area contributed by atoms with Crippen LogP contribution in [0.25, 0.3) is 0 Å². The van der Waals surface area contributed by atoms with Gasteiger partial charge in [0.2, 0.25) is 0 Å². The van der Waals surface area contributed by atoms with Gasteiger partial charge in [-0.2, -0.15) is 0 Å². The van der Waals surface area contributed by atoms with Crippen molar-refractivity contribution in [3.63, 3.8) is 0 Å². The number of methoxy groups -OCH3 is 1. The second-order valence-electron chi connectivity index (χ2n) is 16.0. The molecule has 0 saturated carbocycles. The number of aliphatic imine (C=N–C) groups is 1. The van der Waals surface area contributed by atoms with Gasteiger partial charge in [0, 0.05) is 44.4 Å². The first kappa shape index (κ1) is 40.4. The Morgan fingerprint density at radius 1 is 1.02 bits per heavy atom. The summed E-state index contributed by atoms with van der Waals surface area (Å²) in [6.45, 7) is 17.0. The van der Waals surface area contributed by atoms with E-state index < -0.39 is 83.8 Å². The van der Waals surface area contributed by atoms with E-state index in [9.17, 15) is 20.1 Å². The highest BCUT2D eigenvalue weighted by Crippen LogP contribution is 2.41. The molecule has 284 valence electrons. The van der Waals surface area contributed by atoms with Gasteiger partial charge in [-0.1, -0.05) is 20.8 Å². The molecular formula is C36H64N2O11. The molecule has 0 aromatic heterocycles. The zero-order valence-corrected chi connectivity index (χ0v) is 31.8. The highest BCUT2D eigenvalue weighted by atomic mass is 16.7. The maximum Gasteiger partial charge on any atom is 0.311 e. The van der Waals surface area contributed by atoms with Gasteiger partial charge in [0.15, 0.2) is 18.5 Å². The van der Waals surface area contributed by atoms with Gasteiger partial charge in [0.25, 0.3) is 0 Å². The van der Waals surface area contributed by atoms with Crippen molar-refractivity contribution in [2.45, 2.75) is 173 Å². The first-order valence-electron chi connectivity index (χ1n) is 18.1. The SMILES string of the molecule is CC[C@H]1OC(=O)[C@H](C)[C@@H](O[C@H]2C[C@@](C)(OC)[C@@H](O)[C@H](C)O2)[C@H](C)[C@@H](O[C@@H]2O[C@H](C)C[C@H](N(C)C)[C@H]2O)[C@@](C)(O)CCN=C2O[C@]1(C)CC2C. The molecular weight excluding hydrogens is 636 g/mol. The Labute approximate surface area is 292 Å². The van der Waals surface area contributed by atoms with Crippen molar-refractivity contribution in [3.05, 3.63) is 0 Å². The van der Waals surface area contributed by atoms with Crippen LogP contribution in [0.5, 0.6) is 0 Å². The summed E-state index contributed by atoms with van der Waals surface area (Å²) in [5.74, 6) is -1.44. The lowest BCUT2D eigenvalue weighted by Crippen LogP contribution is -2.60. The number of fused-ring (bicyclic) bond motifs is 2. The Morgan fingerprint density at radius 2 is 1.69 bits per heavy atom. The maximum atomic E-state index is 14.2. The van der Waals surface area contributed by atoms with E-state index in [0.717, 1.165) is 0 Å². The number of esters is 1. The minimum Gasteiger partial charge on any atom is -0.471 e. The van der Waals surface area contributed by atoms with Crippen LogP contribution >= 0.6 is 0 Å². The van der Waals surface area contributed by atoms with Crippen molar-refractivity contribution in [2.75, 3.05) is 27.7 Å². The molecule has 2 bridgehead atoms. The molecule has 3 N–H and O–H groups in total. The normalized spacial score (nSPS) is 48.8. The average molecular weight is 701 g/mol. The fourth-order valence-corrected chi connectivity index (χ4v) is 8.29. The van der Waals surface area contributed by atoms with Crippen molar-refractivity contribution in [2.24, 2.45) is 22.7 Å². The lowest BCUT2D eigenvalue weighted by molar-refractivity contribution is -0.317. The monoisotopic (exact) mass is 700 g/mol. The van der Waals surface area contributed by atoms with Crippen molar-refractivity contribution >= 4 is 11.9 Å². The molecule has 0 aromatic rings. The zero-order valence-electron chi connectivity index (χ0n) is 31.8. The zero-order chi connectivity index (χ0) is 36.6. The van der Waals surface area contributed by atoms with E-state index >= 15 is 0 Å². The van der Waals surface area contributed by atoms with Gasteiger partial charge in [-0.25, -0.2) is 0 Å². The lowest BCUT2D eigenvalue weighted by Gasteiger charge is -2.48. The second kappa shape index (κ2) is 15.7. The highest BCUT2D eigenvalue weighted by molar-refractivity contribution is 5.81. The topological polar surface area (TPSA) is 158 Å². The quantitative estimate of drug-likeness (QED) is 0.334. The third-order valence-electron chi connectivity index (χ3n) is 11.5. The van der Waals surface area contributed by atoms with Gasteiger partial charge >= 0.3 is 5.97 Å². The van der Waals surface area contributed by atoms with Crippen LogP contribution in [0.3, 0.4) is 0 Å². The van der Waals surface area contributed by atoms with Crippen LogP contribution in [0.1, 0.15) is 94.4 Å². The number of hydrogen-bond donors (Lipinski definition) is 3. The summed E-state index contributed by atoms with van der Waals surface area (Å²) in [5, 5.41) is 34.6. The fraction of sp³-hybridized carbons (Fsp3) is 0.944. The number of carbonyl (C=O) groups excluding carboxylic acids is 1. The molecule has 16 atom stereocenters. The van der Waals surface area contributed by atoms with Crippen molar-refractivity contribution in [1.82, 2.24) is 4.90 Å². The lowest BCUT2D eigenvalue weighted by atomic mass is 9.79. The summed E-state index contributed by atoms with van der Waals surface area (Å²) in [5.41, 5.74) is -3.26. The molecule has 4 rings (SSSR count). The Morgan fingerprint density at radius 3 is 2.31 bits per heavy atom. The van der Waals surface area contributed by atoms with Gasteiger partial charge in [-0.05, 0) is 74.9 Å². The molecule has 0 radical (unpaired) electrons. The van der Waals surface area contributed by atoms with Crippen LogP contribution in [0.15, 0.2) is 4.99 Å². The predicted octanol–water partition coefficient (Wildman–Crippen LogP) is 3.05. The molecule has 3 saturated heterocycles. The molecule has 1 unspecified atom stereocenters. The van der Waals surface area contributed by atoms with Crippen LogP contribution in [0.2, 0.25) is 0 Å². The number of aliphatic hydroxyl groups is 3. The molecule has 0 amide bonds. The van der Waals surface area contributed by atoms with Gasteiger partial charge < -0.3 is 53.4 Å². The number of aliphatic hydroxyl groups excluding tert-OH is 2. The Hall–Kier alpha value is -1.42. The molecule has 0 aromatic carbocycles. The number of cyclic esters (lactones) is 1. The number of nitrogens with zero attached hydrogens (tertiary/aromatic N) is 2. The van der Waals surface area contributed by atoms with Gasteiger partial charge in [0.05, 0.1) is 41.5 Å². The molecule has 0 aliphatic carbocycles.